The molecule has 0 aliphatic carbocycles. The van der Waals surface area contributed by atoms with Gasteiger partial charge < -0.3 is 4.74 Å². The fourth-order valence-electron chi connectivity index (χ4n) is 1.08. The largest absolute Gasteiger partial charge is 0.481 e. The van der Waals surface area contributed by atoms with Gasteiger partial charge in [-0.1, -0.05) is 12.6 Å². The lowest BCUT2D eigenvalue weighted by Gasteiger charge is -2.03. The fraction of sp³-hybridized carbons (Fsp3) is 0.300. The summed E-state index contributed by atoms with van der Waals surface area (Å²) in [5, 5.41) is 0.888. The molecule has 0 aliphatic rings. The minimum atomic E-state index is -3.33. The number of pyridine rings is 1. The molecule has 1 aromatic rings. The summed E-state index contributed by atoms with van der Waals surface area (Å²) in [6, 6.07) is 3.57. The second kappa shape index (κ2) is 5.62. The van der Waals surface area contributed by atoms with Gasteiger partial charge in [-0.25, -0.2) is 18.1 Å². The molecule has 0 bridgehead atoms. The van der Waals surface area contributed by atoms with Gasteiger partial charge in [0.2, 0.25) is 15.9 Å². The van der Waals surface area contributed by atoms with Gasteiger partial charge in [-0.05, 0) is 12.0 Å². The first-order chi connectivity index (χ1) is 7.57. The molecule has 0 amide bonds. The first kappa shape index (κ1) is 12.7. The van der Waals surface area contributed by atoms with Crippen LogP contribution < -0.4 is 9.46 Å². The fourth-order valence-corrected chi connectivity index (χ4v) is 1.58. The second-order valence-corrected chi connectivity index (χ2v) is 4.78. The molecule has 88 valence electrons. The van der Waals surface area contributed by atoms with Crippen molar-refractivity contribution in [2.45, 2.75) is 6.42 Å². The first-order valence-electron chi connectivity index (χ1n) is 4.68. The summed E-state index contributed by atoms with van der Waals surface area (Å²) in [7, 11) is -1.79. The Hall–Kier alpha value is -1.40. The van der Waals surface area contributed by atoms with Crippen molar-refractivity contribution in [3.05, 3.63) is 35.9 Å². The highest BCUT2D eigenvalue weighted by Crippen LogP contribution is 2.06. The number of hydrogen-bond acceptors (Lipinski definition) is 4. The molecular formula is C10H14N2O3S. The molecule has 0 aromatic carbocycles. The van der Waals surface area contributed by atoms with Gasteiger partial charge in [0.05, 0.1) is 7.11 Å². The van der Waals surface area contributed by atoms with Gasteiger partial charge in [0, 0.05) is 24.2 Å². The van der Waals surface area contributed by atoms with Crippen LogP contribution in [0.2, 0.25) is 0 Å². The van der Waals surface area contributed by atoms with Gasteiger partial charge in [0.15, 0.2) is 0 Å². The van der Waals surface area contributed by atoms with Crippen molar-refractivity contribution in [2.24, 2.45) is 0 Å². The highest BCUT2D eigenvalue weighted by Gasteiger charge is 2.02. The molecular weight excluding hydrogens is 228 g/mol. The molecule has 0 spiro atoms. The predicted molar refractivity (Wildman–Crippen MR) is 61.6 cm³/mol. The number of nitrogens with zero attached hydrogens (tertiary/aromatic N) is 1. The van der Waals surface area contributed by atoms with E-state index in [4.69, 9.17) is 4.74 Å². The van der Waals surface area contributed by atoms with Crippen molar-refractivity contribution < 1.29 is 13.2 Å². The van der Waals surface area contributed by atoms with E-state index in [2.05, 4.69) is 16.3 Å². The summed E-state index contributed by atoms with van der Waals surface area (Å²) in [4.78, 5) is 4.01. The maximum absolute atomic E-state index is 11.0. The van der Waals surface area contributed by atoms with Gasteiger partial charge in [0.25, 0.3) is 0 Å². The third kappa shape index (κ3) is 4.00. The van der Waals surface area contributed by atoms with Crippen LogP contribution in [0.4, 0.5) is 0 Å². The van der Waals surface area contributed by atoms with Crippen LogP contribution >= 0.6 is 0 Å². The summed E-state index contributed by atoms with van der Waals surface area (Å²) >= 11 is 0. The van der Waals surface area contributed by atoms with E-state index in [0.29, 0.717) is 18.8 Å². The van der Waals surface area contributed by atoms with Crippen molar-refractivity contribution in [3.63, 3.8) is 0 Å². The number of nitrogens with one attached hydrogen (secondary N) is 1. The molecule has 0 unspecified atom stereocenters. The average Bonchev–Trinajstić information content (AvgIpc) is 2.30. The molecule has 0 atom stereocenters. The van der Waals surface area contributed by atoms with E-state index in [1.807, 2.05) is 6.07 Å². The zero-order valence-electron chi connectivity index (χ0n) is 9.01. The highest BCUT2D eigenvalue weighted by molar-refractivity contribution is 7.92. The molecule has 0 radical (unpaired) electrons. The van der Waals surface area contributed by atoms with Crippen LogP contribution in [0, 0.1) is 0 Å². The third-order valence-corrected chi connectivity index (χ3v) is 2.99. The molecule has 1 rings (SSSR count). The van der Waals surface area contributed by atoms with Crippen LogP contribution in [0.15, 0.2) is 30.3 Å². The Morgan fingerprint density at radius 3 is 2.81 bits per heavy atom. The molecule has 1 heterocycles. The molecule has 0 saturated heterocycles. The second-order valence-electron chi connectivity index (χ2n) is 3.06. The molecule has 0 aliphatic heterocycles. The smallest absolute Gasteiger partial charge is 0.233 e. The molecule has 0 saturated carbocycles. The number of ether oxygens (including phenoxy) is 1. The standard InChI is InChI=1S/C10H14N2O3S/c1-3-16(13,14)12-7-6-9-4-5-10(15-2)11-8-9/h3-5,8,12H,1,6-7H2,2H3. The van der Waals surface area contributed by atoms with E-state index in [-0.39, 0.29) is 0 Å². The molecule has 1 aromatic heterocycles. The van der Waals surface area contributed by atoms with E-state index in [0.717, 1.165) is 11.0 Å². The van der Waals surface area contributed by atoms with Crippen LogP contribution in [0.25, 0.3) is 0 Å². The number of hydrogen-bond donors (Lipinski definition) is 1. The molecule has 5 nitrogen and oxygen atoms in total. The zero-order valence-corrected chi connectivity index (χ0v) is 9.83. The lowest BCUT2D eigenvalue weighted by Crippen LogP contribution is -2.23. The average molecular weight is 242 g/mol. The molecule has 16 heavy (non-hydrogen) atoms. The molecule has 0 fully saturated rings. The Labute approximate surface area is 95.2 Å². The minimum Gasteiger partial charge on any atom is -0.481 e. The van der Waals surface area contributed by atoms with Crippen LogP contribution in [-0.4, -0.2) is 27.1 Å². The van der Waals surface area contributed by atoms with E-state index >= 15 is 0 Å². The van der Waals surface area contributed by atoms with Gasteiger partial charge >= 0.3 is 0 Å². The van der Waals surface area contributed by atoms with E-state index in [1.54, 1.807) is 19.4 Å². The summed E-state index contributed by atoms with van der Waals surface area (Å²) < 4.78 is 29.3. The zero-order chi connectivity index (χ0) is 12.0. The van der Waals surface area contributed by atoms with E-state index in [9.17, 15) is 8.42 Å². The summed E-state index contributed by atoms with van der Waals surface area (Å²) in [5.74, 6) is 0.537. The van der Waals surface area contributed by atoms with Crippen LogP contribution in [0.5, 0.6) is 5.88 Å². The van der Waals surface area contributed by atoms with Crippen molar-refractivity contribution >= 4 is 10.0 Å². The molecule has 6 heteroatoms. The van der Waals surface area contributed by atoms with Gasteiger partial charge in [-0.15, -0.1) is 0 Å². The maximum Gasteiger partial charge on any atom is 0.233 e. The quantitative estimate of drug-likeness (QED) is 0.797. The minimum absolute atomic E-state index is 0.322. The Morgan fingerprint density at radius 1 is 1.56 bits per heavy atom. The highest BCUT2D eigenvalue weighted by atomic mass is 32.2. The predicted octanol–water partition coefficient (Wildman–Crippen LogP) is 0.696. The van der Waals surface area contributed by atoms with Crippen molar-refractivity contribution in [2.75, 3.05) is 13.7 Å². The Balaban J connectivity index is 2.46. The topological polar surface area (TPSA) is 68.3 Å². The van der Waals surface area contributed by atoms with Crippen molar-refractivity contribution in [1.29, 1.82) is 0 Å². The van der Waals surface area contributed by atoms with Crippen molar-refractivity contribution in [1.82, 2.24) is 9.71 Å². The number of sulfonamides is 1. The number of aromatic nitrogens is 1. The Morgan fingerprint density at radius 2 is 2.31 bits per heavy atom. The lowest BCUT2D eigenvalue weighted by atomic mass is 10.2. The summed E-state index contributed by atoms with van der Waals surface area (Å²) in [6.07, 6.45) is 2.23. The SMILES string of the molecule is C=CS(=O)(=O)NCCc1ccc(OC)nc1. The summed E-state index contributed by atoms with van der Waals surface area (Å²) in [5.41, 5.74) is 0.938. The van der Waals surface area contributed by atoms with Gasteiger partial charge in [0.1, 0.15) is 0 Å². The monoisotopic (exact) mass is 242 g/mol. The number of methoxy groups -OCH3 is 1. The summed E-state index contributed by atoms with van der Waals surface area (Å²) in [6.45, 7) is 3.52. The third-order valence-electron chi connectivity index (χ3n) is 1.94. The van der Waals surface area contributed by atoms with Crippen molar-refractivity contribution in [3.8, 4) is 5.88 Å². The van der Waals surface area contributed by atoms with E-state index in [1.165, 1.54) is 0 Å². The molecule has 1 N–H and O–H groups in total. The normalized spacial score (nSPS) is 11.1. The number of rotatable bonds is 6. The van der Waals surface area contributed by atoms with E-state index < -0.39 is 10.0 Å². The van der Waals surface area contributed by atoms with Gasteiger partial charge in [-0.2, -0.15) is 0 Å². The van der Waals surface area contributed by atoms with Gasteiger partial charge in [-0.3, -0.25) is 0 Å². The van der Waals surface area contributed by atoms with Crippen LogP contribution in [0.3, 0.4) is 0 Å². The Kier molecular flexibility index (Phi) is 4.45. The lowest BCUT2D eigenvalue weighted by molar-refractivity contribution is 0.397. The first-order valence-corrected chi connectivity index (χ1v) is 6.23. The van der Waals surface area contributed by atoms with Crippen LogP contribution in [0.1, 0.15) is 5.56 Å². The maximum atomic E-state index is 11.0. The van der Waals surface area contributed by atoms with Crippen LogP contribution in [-0.2, 0) is 16.4 Å². The Bertz CT molecular complexity index is 440.